The molecular formula is C13H14O9. The molecule has 1 unspecified atom stereocenters. The number of benzene rings is 1. The minimum atomic E-state index is -3.00. The van der Waals surface area contributed by atoms with Crippen molar-refractivity contribution in [2.24, 2.45) is 0 Å². The summed E-state index contributed by atoms with van der Waals surface area (Å²) in [6.07, 6.45) is -7.91. The molecule has 9 heteroatoms. The molecule has 9 nitrogen and oxygen atoms in total. The maximum atomic E-state index is 11.2. The third-order valence-electron chi connectivity index (χ3n) is 3.21. The first kappa shape index (κ1) is 16.3. The summed E-state index contributed by atoms with van der Waals surface area (Å²) in [6.45, 7) is 0. The average molecular weight is 314 g/mol. The van der Waals surface area contributed by atoms with Crippen LogP contribution in [0.25, 0.3) is 0 Å². The van der Waals surface area contributed by atoms with Crippen molar-refractivity contribution >= 4 is 11.9 Å². The van der Waals surface area contributed by atoms with E-state index >= 15 is 0 Å². The second-order valence-electron chi connectivity index (χ2n) is 4.69. The van der Waals surface area contributed by atoms with Gasteiger partial charge < -0.3 is 35.0 Å². The van der Waals surface area contributed by atoms with E-state index in [1.54, 1.807) is 18.2 Å². The highest BCUT2D eigenvalue weighted by atomic mass is 16.8. The zero-order chi connectivity index (χ0) is 16.5. The number of aliphatic carboxylic acids is 2. The van der Waals surface area contributed by atoms with Crippen LogP contribution < -0.4 is 0 Å². The van der Waals surface area contributed by atoms with E-state index in [1.807, 2.05) is 0 Å². The fraction of sp³-hybridized carbons (Fsp3) is 0.385. The van der Waals surface area contributed by atoms with E-state index in [1.165, 1.54) is 12.1 Å². The zero-order valence-electron chi connectivity index (χ0n) is 11.1. The minimum Gasteiger partial charge on any atom is -0.479 e. The van der Waals surface area contributed by atoms with Gasteiger partial charge in [-0.15, -0.1) is 0 Å². The lowest BCUT2D eigenvalue weighted by atomic mass is 10.0. The maximum absolute atomic E-state index is 11.2. The molecule has 0 saturated carbocycles. The fourth-order valence-corrected chi connectivity index (χ4v) is 2.04. The molecule has 1 heterocycles. The molecule has 1 aromatic carbocycles. The van der Waals surface area contributed by atoms with Crippen molar-refractivity contribution in [1.82, 2.24) is 0 Å². The van der Waals surface area contributed by atoms with E-state index in [4.69, 9.17) is 19.7 Å². The van der Waals surface area contributed by atoms with E-state index < -0.39 is 42.3 Å². The highest BCUT2D eigenvalue weighted by molar-refractivity contribution is 5.77. The third kappa shape index (κ3) is 2.80. The number of carboxylic acids is 2. The number of ether oxygens (including phenoxy) is 2. The summed E-state index contributed by atoms with van der Waals surface area (Å²) in [6, 6.07) is 7.95. The molecular weight excluding hydrogens is 300 g/mol. The Morgan fingerprint density at radius 3 is 2.23 bits per heavy atom. The van der Waals surface area contributed by atoms with Gasteiger partial charge in [0.1, 0.15) is 6.10 Å². The normalized spacial score (nSPS) is 30.7. The molecule has 1 saturated heterocycles. The number of aliphatic hydroxyl groups is 3. The van der Waals surface area contributed by atoms with Crippen molar-refractivity contribution in [2.75, 3.05) is 0 Å². The molecule has 1 aromatic rings. The van der Waals surface area contributed by atoms with Gasteiger partial charge in [-0.25, -0.2) is 9.59 Å². The Morgan fingerprint density at radius 1 is 1.14 bits per heavy atom. The Bertz CT molecular complexity index is 560. The average Bonchev–Trinajstić information content (AvgIpc) is 2.86. The van der Waals surface area contributed by atoms with Gasteiger partial charge in [-0.1, -0.05) is 30.3 Å². The first-order valence-electron chi connectivity index (χ1n) is 6.20. The number of carboxylic acid groups (broad SMARTS) is 2. The highest BCUT2D eigenvalue weighted by Crippen LogP contribution is 2.39. The van der Waals surface area contributed by atoms with Crippen LogP contribution in [0.2, 0.25) is 0 Å². The summed E-state index contributed by atoms with van der Waals surface area (Å²) in [5, 5.41) is 46.9. The summed E-state index contributed by atoms with van der Waals surface area (Å²) in [5.74, 6) is -6.68. The molecule has 0 aliphatic carbocycles. The third-order valence-corrected chi connectivity index (χ3v) is 3.21. The van der Waals surface area contributed by atoms with Crippen molar-refractivity contribution in [3.05, 3.63) is 35.9 Å². The van der Waals surface area contributed by atoms with E-state index in [-0.39, 0.29) is 0 Å². The van der Waals surface area contributed by atoms with Crippen LogP contribution in [-0.4, -0.2) is 61.6 Å². The van der Waals surface area contributed by atoms with Crippen LogP contribution in [0, 0.1) is 0 Å². The fourth-order valence-electron chi connectivity index (χ4n) is 2.04. The first-order valence-corrected chi connectivity index (χ1v) is 6.20. The van der Waals surface area contributed by atoms with Crippen molar-refractivity contribution in [3.63, 3.8) is 0 Å². The van der Waals surface area contributed by atoms with Crippen LogP contribution in [0.3, 0.4) is 0 Å². The summed E-state index contributed by atoms with van der Waals surface area (Å²) in [4.78, 5) is 21.9. The van der Waals surface area contributed by atoms with Crippen LogP contribution in [0.1, 0.15) is 11.9 Å². The van der Waals surface area contributed by atoms with Crippen LogP contribution in [-0.2, 0) is 19.1 Å². The van der Waals surface area contributed by atoms with Gasteiger partial charge in [0.2, 0.25) is 0 Å². The van der Waals surface area contributed by atoms with Crippen LogP contribution >= 0.6 is 0 Å². The lowest BCUT2D eigenvalue weighted by Crippen LogP contribution is -2.56. The Labute approximate surface area is 124 Å². The predicted octanol–water partition coefficient (Wildman–Crippen LogP) is -1.32. The standard InChI is InChI=1S/C13H14O9/c14-7(8(15)10(16)17)9-13(20,12(18)19)22-11(21-9)6-4-2-1-3-5-6/h1-5,7-9,11,14-15,20H,(H,16,17)(H,18,19)/t7-,8+,9+,11?,13-/m1/s1. The molecule has 1 fully saturated rings. The molecule has 120 valence electrons. The summed E-state index contributed by atoms with van der Waals surface area (Å²) < 4.78 is 10.1. The van der Waals surface area contributed by atoms with Gasteiger partial charge in [-0.2, -0.15) is 0 Å². The van der Waals surface area contributed by atoms with Crippen molar-refractivity contribution in [2.45, 2.75) is 30.4 Å². The van der Waals surface area contributed by atoms with Gasteiger partial charge in [0.25, 0.3) is 5.79 Å². The number of rotatable bonds is 5. The molecule has 22 heavy (non-hydrogen) atoms. The Hall–Kier alpha value is -2.04. The summed E-state index contributed by atoms with van der Waals surface area (Å²) >= 11 is 0. The van der Waals surface area contributed by atoms with E-state index in [9.17, 15) is 24.9 Å². The predicted molar refractivity (Wildman–Crippen MR) is 67.4 cm³/mol. The topological polar surface area (TPSA) is 154 Å². The van der Waals surface area contributed by atoms with Gasteiger partial charge in [0.15, 0.2) is 18.5 Å². The Morgan fingerprint density at radius 2 is 1.73 bits per heavy atom. The van der Waals surface area contributed by atoms with E-state index in [0.717, 1.165) is 0 Å². The molecule has 0 amide bonds. The number of hydrogen-bond donors (Lipinski definition) is 5. The second kappa shape index (κ2) is 5.99. The smallest absolute Gasteiger partial charge is 0.367 e. The van der Waals surface area contributed by atoms with Crippen molar-refractivity contribution in [3.8, 4) is 0 Å². The molecule has 0 radical (unpaired) electrons. The maximum Gasteiger partial charge on any atom is 0.367 e. The molecule has 5 atom stereocenters. The SMILES string of the molecule is O=C(O)[C@@H](O)[C@@H](O)[C@@H]1OC(c2ccccc2)O[C@@]1(O)C(=O)O. The van der Waals surface area contributed by atoms with Gasteiger partial charge >= 0.3 is 11.9 Å². The molecule has 2 rings (SSSR count). The van der Waals surface area contributed by atoms with Crippen LogP contribution in [0.4, 0.5) is 0 Å². The van der Waals surface area contributed by atoms with Gasteiger partial charge in [0.05, 0.1) is 0 Å². The molecule has 1 aliphatic rings. The zero-order valence-corrected chi connectivity index (χ0v) is 11.1. The lowest BCUT2D eigenvalue weighted by Gasteiger charge is -2.27. The summed E-state index contributed by atoms with van der Waals surface area (Å²) in [5.41, 5.74) is 0.349. The number of carbonyl (C=O) groups is 2. The van der Waals surface area contributed by atoms with Crippen LogP contribution in [0.15, 0.2) is 30.3 Å². The van der Waals surface area contributed by atoms with E-state index in [0.29, 0.717) is 5.56 Å². The highest BCUT2D eigenvalue weighted by Gasteiger charge is 2.60. The van der Waals surface area contributed by atoms with E-state index in [2.05, 4.69) is 0 Å². The Kier molecular flexibility index (Phi) is 4.44. The van der Waals surface area contributed by atoms with Crippen molar-refractivity contribution in [1.29, 1.82) is 0 Å². The number of aliphatic hydroxyl groups excluding tert-OH is 2. The van der Waals surface area contributed by atoms with Crippen LogP contribution in [0.5, 0.6) is 0 Å². The summed E-state index contributed by atoms with van der Waals surface area (Å²) in [7, 11) is 0. The molecule has 0 spiro atoms. The molecule has 5 N–H and O–H groups in total. The Balaban J connectivity index is 2.31. The van der Waals surface area contributed by atoms with Gasteiger partial charge in [0, 0.05) is 5.56 Å². The monoisotopic (exact) mass is 314 g/mol. The molecule has 0 aromatic heterocycles. The van der Waals surface area contributed by atoms with Gasteiger partial charge in [-0.05, 0) is 0 Å². The molecule has 1 aliphatic heterocycles. The second-order valence-corrected chi connectivity index (χ2v) is 4.69. The minimum absolute atomic E-state index is 0.349. The van der Waals surface area contributed by atoms with Gasteiger partial charge in [-0.3, -0.25) is 0 Å². The molecule has 0 bridgehead atoms. The quantitative estimate of drug-likeness (QED) is 0.445. The lowest BCUT2D eigenvalue weighted by molar-refractivity contribution is -0.230. The largest absolute Gasteiger partial charge is 0.479 e. The number of hydrogen-bond acceptors (Lipinski definition) is 7. The van der Waals surface area contributed by atoms with Crippen molar-refractivity contribution < 1.29 is 44.6 Å². The first-order chi connectivity index (χ1) is 10.3.